The summed E-state index contributed by atoms with van der Waals surface area (Å²) in [5.41, 5.74) is 10.7. The summed E-state index contributed by atoms with van der Waals surface area (Å²) in [5, 5.41) is 3.28. The van der Waals surface area contributed by atoms with Crippen LogP contribution in [0.15, 0.2) is 36.4 Å². The average Bonchev–Trinajstić information content (AvgIpc) is 2.43. The highest BCUT2D eigenvalue weighted by Gasteiger charge is 2.13. The first kappa shape index (κ1) is 14.9. The number of nitrogens with one attached hydrogen (secondary N) is 1. The van der Waals surface area contributed by atoms with E-state index in [0.717, 1.165) is 11.3 Å². The summed E-state index contributed by atoms with van der Waals surface area (Å²) in [6, 6.07) is 11.3. The lowest BCUT2D eigenvalue weighted by molar-refractivity contribution is 0.0527. The van der Waals surface area contributed by atoms with E-state index in [9.17, 15) is 4.79 Å². The Labute approximate surface area is 124 Å². The van der Waals surface area contributed by atoms with E-state index in [4.69, 9.17) is 10.5 Å². The second-order valence-corrected chi connectivity index (χ2v) is 4.97. The third-order valence-corrected chi connectivity index (χ3v) is 3.19. The highest BCUT2D eigenvalue weighted by molar-refractivity contribution is 5.97. The van der Waals surface area contributed by atoms with E-state index in [2.05, 4.69) is 11.4 Å². The molecule has 0 unspecified atom stereocenters. The molecule has 0 saturated heterocycles. The normalized spacial score (nSPS) is 10.2. The third kappa shape index (κ3) is 3.54. The number of hydrogen-bond donors (Lipinski definition) is 2. The van der Waals surface area contributed by atoms with Gasteiger partial charge in [0, 0.05) is 11.4 Å². The van der Waals surface area contributed by atoms with E-state index in [1.54, 1.807) is 25.1 Å². The van der Waals surface area contributed by atoms with Gasteiger partial charge in [0.2, 0.25) is 0 Å². The molecular weight excluding hydrogens is 264 g/mol. The predicted octanol–water partition coefficient (Wildman–Crippen LogP) is 3.81. The Kier molecular flexibility index (Phi) is 4.48. The van der Waals surface area contributed by atoms with E-state index in [1.807, 2.05) is 26.0 Å². The second kappa shape index (κ2) is 6.31. The number of nitrogen functional groups attached to an aromatic ring is 1. The van der Waals surface area contributed by atoms with Crippen molar-refractivity contribution >= 4 is 23.0 Å². The van der Waals surface area contributed by atoms with Gasteiger partial charge in [-0.2, -0.15) is 0 Å². The second-order valence-electron chi connectivity index (χ2n) is 4.97. The van der Waals surface area contributed by atoms with Crippen LogP contribution in [0.2, 0.25) is 0 Å². The van der Waals surface area contributed by atoms with Crippen molar-refractivity contribution in [2.24, 2.45) is 0 Å². The topological polar surface area (TPSA) is 64.3 Å². The van der Waals surface area contributed by atoms with Gasteiger partial charge in [0.1, 0.15) is 0 Å². The van der Waals surface area contributed by atoms with Crippen LogP contribution in [-0.4, -0.2) is 12.6 Å². The number of benzene rings is 2. The molecule has 0 saturated carbocycles. The minimum absolute atomic E-state index is 0.330. The summed E-state index contributed by atoms with van der Waals surface area (Å²) in [4.78, 5) is 12.0. The van der Waals surface area contributed by atoms with E-state index in [1.165, 1.54) is 5.56 Å². The van der Waals surface area contributed by atoms with E-state index < -0.39 is 0 Å². The minimum Gasteiger partial charge on any atom is -0.462 e. The van der Waals surface area contributed by atoms with Crippen LogP contribution >= 0.6 is 0 Å². The molecule has 0 spiro atoms. The fourth-order valence-electron chi connectivity index (χ4n) is 2.15. The lowest BCUT2D eigenvalue weighted by atomic mass is 10.1. The lowest BCUT2D eigenvalue weighted by Crippen LogP contribution is -2.09. The Bertz CT molecular complexity index is 666. The van der Waals surface area contributed by atoms with Gasteiger partial charge in [-0.15, -0.1) is 0 Å². The van der Waals surface area contributed by atoms with Crippen molar-refractivity contribution in [2.45, 2.75) is 20.8 Å². The molecule has 0 aliphatic rings. The van der Waals surface area contributed by atoms with Gasteiger partial charge in [0.05, 0.1) is 17.9 Å². The van der Waals surface area contributed by atoms with Crippen molar-refractivity contribution in [1.82, 2.24) is 0 Å². The molecule has 4 heteroatoms. The number of anilines is 3. The SMILES string of the molecule is CCOC(=O)c1cc(N)ccc1Nc1ccc(C)cc1C. The molecule has 2 aromatic rings. The fourth-order valence-corrected chi connectivity index (χ4v) is 2.15. The zero-order valence-corrected chi connectivity index (χ0v) is 12.6. The van der Waals surface area contributed by atoms with Gasteiger partial charge in [-0.3, -0.25) is 0 Å². The standard InChI is InChI=1S/C17H20N2O2/c1-4-21-17(20)14-10-13(18)6-8-16(14)19-15-7-5-11(2)9-12(15)3/h5-10,19H,4,18H2,1-3H3. The zero-order chi connectivity index (χ0) is 15.4. The van der Waals surface area contributed by atoms with Gasteiger partial charge in [0.25, 0.3) is 0 Å². The first-order valence-electron chi connectivity index (χ1n) is 6.92. The van der Waals surface area contributed by atoms with Crippen molar-refractivity contribution in [2.75, 3.05) is 17.7 Å². The highest BCUT2D eigenvalue weighted by atomic mass is 16.5. The molecule has 0 bridgehead atoms. The molecule has 0 fully saturated rings. The summed E-state index contributed by atoms with van der Waals surface area (Å²) in [6.45, 7) is 6.18. The molecule has 2 rings (SSSR count). The Morgan fingerprint density at radius 1 is 1.14 bits per heavy atom. The highest BCUT2D eigenvalue weighted by Crippen LogP contribution is 2.26. The number of nitrogens with two attached hydrogens (primary N) is 1. The third-order valence-electron chi connectivity index (χ3n) is 3.19. The van der Waals surface area contributed by atoms with Gasteiger partial charge in [-0.25, -0.2) is 4.79 Å². The maximum Gasteiger partial charge on any atom is 0.340 e. The largest absolute Gasteiger partial charge is 0.462 e. The minimum atomic E-state index is -0.378. The molecule has 110 valence electrons. The van der Waals surface area contributed by atoms with Crippen LogP contribution < -0.4 is 11.1 Å². The number of carbonyl (C=O) groups is 1. The first-order chi connectivity index (χ1) is 10.0. The average molecular weight is 284 g/mol. The van der Waals surface area contributed by atoms with Crippen LogP contribution in [0.1, 0.15) is 28.4 Å². The van der Waals surface area contributed by atoms with Gasteiger partial charge in [-0.1, -0.05) is 17.7 Å². The van der Waals surface area contributed by atoms with Crippen molar-refractivity contribution in [3.05, 3.63) is 53.1 Å². The van der Waals surface area contributed by atoms with Crippen LogP contribution in [-0.2, 0) is 4.74 Å². The van der Waals surface area contributed by atoms with Crippen molar-refractivity contribution < 1.29 is 9.53 Å². The Balaban J connectivity index is 2.37. The number of hydrogen-bond acceptors (Lipinski definition) is 4. The molecule has 0 aliphatic carbocycles. The first-order valence-corrected chi connectivity index (χ1v) is 6.92. The van der Waals surface area contributed by atoms with Crippen LogP contribution in [0.3, 0.4) is 0 Å². The molecule has 0 aliphatic heterocycles. The van der Waals surface area contributed by atoms with Crippen LogP contribution in [0, 0.1) is 13.8 Å². The molecule has 3 N–H and O–H groups in total. The fraction of sp³-hybridized carbons (Fsp3) is 0.235. The maximum absolute atomic E-state index is 12.0. The van der Waals surface area contributed by atoms with Crippen LogP contribution in [0.4, 0.5) is 17.1 Å². The van der Waals surface area contributed by atoms with Crippen molar-refractivity contribution in [3.8, 4) is 0 Å². The Hall–Kier alpha value is -2.49. The molecular formula is C17H20N2O2. The molecule has 4 nitrogen and oxygen atoms in total. The summed E-state index contributed by atoms with van der Waals surface area (Å²) in [7, 11) is 0. The number of carbonyl (C=O) groups excluding carboxylic acids is 1. The number of aryl methyl sites for hydroxylation is 2. The Morgan fingerprint density at radius 2 is 1.86 bits per heavy atom. The van der Waals surface area contributed by atoms with Gasteiger partial charge < -0.3 is 15.8 Å². The molecule has 0 radical (unpaired) electrons. The molecule has 0 aromatic heterocycles. The monoisotopic (exact) mass is 284 g/mol. The molecule has 0 heterocycles. The lowest BCUT2D eigenvalue weighted by Gasteiger charge is -2.14. The quantitative estimate of drug-likeness (QED) is 0.662. The van der Waals surface area contributed by atoms with Gasteiger partial charge in [-0.05, 0) is 50.6 Å². The maximum atomic E-state index is 12.0. The summed E-state index contributed by atoms with van der Waals surface area (Å²) >= 11 is 0. The molecule has 0 amide bonds. The number of esters is 1. The van der Waals surface area contributed by atoms with Gasteiger partial charge >= 0.3 is 5.97 Å². The summed E-state index contributed by atoms with van der Waals surface area (Å²) in [6.07, 6.45) is 0. The van der Waals surface area contributed by atoms with Crippen LogP contribution in [0.5, 0.6) is 0 Å². The number of ether oxygens (including phenoxy) is 1. The number of rotatable bonds is 4. The van der Waals surface area contributed by atoms with Crippen LogP contribution in [0.25, 0.3) is 0 Å². The van der Waals surface area contributed by atoms with E-state index in [0.29, 0.717) is 23.5 Å². The van der Waals surface area contributed by atoms with E-state index in [-0.39, 0.29) is 5.97 Å². The molecule has 21 heavy (non-hydrogen) atoms. The summed E-state index contributed by atoms with van der Waals surface area (Å²) in [5.74, 6) is -0.378. The van der Waals surface area contributed by atoms with Crippen molar-refractivity contribution in [3.63, 3.8) is 0 Å². The Morgan fingerprint density at radius 3 is 2.52 bits per heavy atom. The molecule has 0 atom stereocenters. The molecule has 2 aromatic carbocycles. The summed E-state index contributed by atoms with van der Waals surface area (Å²) < 4.78 is 5.08. The van der Waals surface area contributed by atoms with Gasteiger partial charge in [0.15, 0.2) is 0 Å². The van der Waals surface area contributed by atoms with Crippen molar-refractivity contribution in [1.29, 1.82) is 0 Å². The zero-order valence-electron chi connectivity index (χ0n) is 12.6. The smallest absolute Gasteiger partial charge is 0.340 e. The predicted molar refractivity (Wildman–Crippen MR) is 86.0 cm³/mol. The van der Waals surface area contributed by atoms with E-state index >= 15 is 0 Å².